The number of nitrogens with zero attached hydrogens (tertiary/aromatic N) is 5. The van der Waals surface area contributed by atoms with E-state index in [-0.39, 0.29) is 6.61 Å². The van der Waals surface area contributed by atoms with Crippen LogP contribution in [0.1, 0.15) is 0 Å². The Morgan fingerprint density at radius 1 is 1.10 bits per heavy atom. The monoisotopic (exact) mass is 403 g/mol. The lowest BCUT2D eigenvalue weighted by atomic mass is 10.2. The lowest BCUT2D eigenvalue weighted by Crippen LogP contribution is -2.10. The highest BCUT2D eigenvalue weighted by atomic mass is 32.1. The number of hydrogen-bond acceptors (Lipinski definition) is 8. The van der Waals surface area contributed by atoms with Gasteiger partial charge in [-0.25, -0.2) is 4.98 Å². The molecule has 144 valence electrons. The van der Waals surface area contributed by atoms with E-state index in [4.69, 9.17) is 4.98 Å². The number of aromatic nitrogens is 5. The molecule has 0 unspecified atom stereocenters. The molecule has 0 spiro atoms. The average Bonchev–Trinajstić information content (AvgIpc) is 3.41. The fourth-order valence-corrected chi connectivity index (χ4v) is 3.75. The summed E-state index contributed by atoms with van der Waals surface area (Å²) in [6, 6.07) is 11.8. The van der Waals surface area contributed by atoms with Gasteiger partial charge in [0.05, 0.1) is 17.8 Å². The van der Waals surface area contributed by atoms with Gasteiger partial charge in [0, 0.05) is 29.2 Å². The van der Waals surface area contributed by atoms with Gasteiger partial charge in [0.2, 0.25) is 5.95 Å². The minimum absolute atomic E-state index is 0.00281. The van der Waals surface area contributed by atoms with E-state index in [1.165, 1.54) is 0 Å². The molecule has 0 aliphatic carbocycles. The Balaban J connectivity index is 1.59. The van der Waals surface area contributed by atoms with Gasteiger partial charge >= 0.3 is 0 Å². The number of nitrogens with one attached hydrogen (secondary N) is 2. The van der Waals surface area contributed by atoms with Gasteiger partial charge in [-0.3, -0.25) is 9.55 Å². The number of pyridine rings is 1. The van der Waals surface area contributed by atoms with Crippen LogP contribution in [0.2, 0.25) is 0 Å². The van der Waals surface area contributed by atoms with Crippen LogP contribution < -0.4 is 10.6 Å². The highest BCUT2D eigenvalue weighted by Crippen LogP contribution is 2.26. The van der Waals surface area contributed by atoms with Crippen LogP contribution in [0, 0.1) is 0 Å². The Morgan fingerprint density at radius 3 is 2.93 bits per heavy atom. The standard InChI is InChI=1S/C20H17N7OS/c28-8-7-22-18-17-19(27(12-23-17)15-5-9-29-11-15)26-20(25-18)24-14-3-4-16-13(10-14)2-1-6-21-16/h1-6,9-12,28H,7-8H2,(H2,22,24,25,26). The number of thiophene rings is 1. The second-order valence-corrected chi connectivity index (χ2v) is 7.13. The fourth-order valence-electron chi connectivity index (χ4n) is 3.12. The van der Waals surface area contributed by atoms with Crippen LogP contribution in [0.25, 0.3) is 27.8 Å². The molecule has 5 aromatic rings. The van der Waals surface area contributed by atoms with E-state index in [1.54, 1.807) is 23.9 Å². The number of anilines is 3. The number of fused-ring (bicyclic) bond motifs is 2. The third-order valence-electron chi connectivity index (χ3n) is 4.44. The Morgan fingerprint density at radius 2 is 2.07 bits per heavy atom. The number of hydrogen-bond donors (Lipinski definition) is 3. The molecule has 0 radical (unpaired) electrons. The quantitative estimate of drug-likeness (QED) is 0.398. The van der Waals surface area contributed by atoms with Crippen LogP contribution in [0.15, 0.2) is 59.7 Å². The van der Waals surface area contributed by atoms with Crippen molar-refractivity contribution in [3.05, 3.63) is 59.7 Å². The normalized spacial score (nSPS) is 11.2. The van der Waals surface area contributed by atoms with Crippen LogP contribution in [-0.2, 0) is 0 Å². The molecule has 0 bridgehead atoms. The van der Waals surface area contributed by atoms with Gasteiger partial charge in [0.15, 0.2) is 17.0 Å². The van der Waals surface area contributed by atoms with Crippen molar-refractivity contribution in [2.24, 2.45) is 0 Å². The molecule has 0 saturated heterocycles. The molecule has 0 fully saturated rings. The molecule has 9 heteroatoms. The first kappa shape index (κ1) is 17.5. The summed E-state index contributed by atoms with van der Waals surface area (Å²) < 4.78 is 1.92. The molecule has 3 N–H and O–H groups in total. The molecule has 0 aliphatic rings. The number of rotatable bonds is 6. The zero-order chi connectivity index (χ0) is 19.6. The van der Waals surface area contributed by atoms with Gasteiger partial charge in [-0.15, -0.1) is 0 Å². The number of aliphatic hydroxyl groups excluding tert-OH is 1. The van der Waals surface area contributed by atoms with Crippen LogP contribution in [0.4, 0.5) is 17.5 Å². The largest absolute Gasteiger partial charge is 0.395 e. The van der Waals surface area contributed by atoms with Crippen molar-refractivity contribution >= 4 is 50.9 Å². The Kier molecular flexibility index (Phi) is 4.51. The Labute approximate surface area is 169 Å². The van der Waals surface area contributed by atoms with E-state index in [1.807, 2.05) is 51.7 Å². The summed E-state index contributed by atoms with van der Waals surface area (Å²) in [6.07, 6.45) is 3.51. The number of benzene rings is 1. The Hall–Kier alpha value is -3.56. The summed E-state index contributed by atoms with van der Waals surface area (Å²) in [7, 11) is 0. The first-order chi connectivity index (χ1) is 14.3. The van der Waals surface area contributed by atoms with Crippen molar-refractivity contribution in [2.75, 3.05) is 23.8 Å². The molecular weight excluding hydrogens is 386 g/mol. The summed E-state index contributed by atoms with van der Waals surface area (Å²) in [5, 5.41) is 20.7. The highest BCUT2D eigenvalue weighted by Gasteiger charge is 2.15. The Bertz CT molecular complexity index is 1280. The molecule has 5 rings (SSSR count). The van der Waals surface area contributed by atoms with Gasteiger partial charge in [-0.2, -0.15) is 21.3 Å². The van der Waals surface area contributed by atoms with Crippen molar-refractivity contribution in [1.82, 2.24) is 24.5 Å². The fraction of sp³-hybridized carbons (Fsp3) is 0.100. The predicted molar refractivity (Wildman–Crippen MR) is 115 cm³/mol. The zero-order valence-corrected chi connectivity index (χ0v) is 16.1. The van der Waals surface area contributed by atoms with Crippen molar-refractivity contribution in [3.8, 4) is 5.69 Å². The second-order valence-electron chi connectivity index (χ2n) is 6.35. The summed E-state index contributed by atoms with van der Waals surface area (Å²) >= 11 is 1.61. The van der Waals surface area contributed by atoms with Gasteiger partial charge < -0.3 is 15.7 Å². The molecule has 0 aliphatic heterocycles. The number of imidazole rings is 1. The summed E-state index contributed by atoms with van der Waals surface area (Å²) in [5.74, 6) is 1.01. The van der Waals surface area contributed by atoms with Crippen LogP contribution >= 0.6 is 11.3 Å². The highest BCUT2D eigenvalue weighted by molar-refractivity contribution is 7.08. The first-order valence-electron chi connectivity index (χ1n) is 9.06. The maximum atomic E-state index is 9.21. The van der Waals surface area contributed by atoms with E-state index in [0.29, 0.717) is 29.5 Å². The first-order valence-corrected chi connectivity index (χ1v) is 10.0. The van der Waals surface area contributed by atoms with Gasteiger partial charge in [-0.1, -0.05) is 6.07 Å². The van der Waals surface area contributed by atoms with E-state index >= 15 is 0 Å². The molecule has 8 nitrogen and oxygen atoms in total. The van der Waals surface area contributed by atoms with Gasteiger partial charge in [0.1, 0.15) is 6.33 Å². The summed E-state index contributed by atoms with van der Waals surface area (Å²) in [6.45, 7) is 0.371. The van der Waals surface area contributed by atoms with E-state index in [9.17, 15) is 5.11 Å². The van der Waals surface area contributed by atoms with Gasteiger partial charge in [0.25, 0.3) is 0 Å². The molecular formula is C20H17N7OS. The smallest absolute Gasteiger partial charge is 0.231 e. The lowest BCUT2D eigenvalue weighted by Gasteiger charge is -2.10. The molecule has 1 aromatic carbocycles. The van der Waals surface area contributed by atoms with Crippen molar-refractivity contribution in [3.63, 3.8) is 0 Å². The van der Waals surface area contributed by atoms with Crippen molar-refractivity contribution < 1.29 is 5.11 Å². The molecule has 0 amide bonds. The maximum Gasteiger partial charge on any atom is 0.231 e. The summed E-state index contributed by atoms with van der Waals surface area (Å²) in [4.78, 5) is 18.1. The molecule has 0 saturated carbocycles. The average molecular weight is 403 g/mol. The minimum atomic E-state index is -0.00281. The third-order valence-corrected chi connectivity index (χ3v) is 5.11. The molecule has 29 heavy (non-hydrogen) atoms. The predicted octanol–water partition coefficient (Wildman–Crippen LogP) is 3.57. The van der Waals surface area contributed by atoms with E-state index < -0.39 is 0 Å². The van der Waals surface area contributed by atoms with Crippen molar-refractivity contribution in [2.45, 2.75) is 0 Å². The maximum absolute atomic E-state index is 9.21. The molecule has 4 heterocycles. The minimum Gasteiger partial charge on any atom is -0.395 e. The lowest BCUT2D eigenvalue weighted by molar-refractivity contribution is 0.311. The summed E-state index contributed by atoms with van der Waals surface area (Å²) in [5.41, 5.74) is 4.11. The second kappa shape index (κ2) is 7.46. The molecule has 0 atom stereocenters. The van der Waals surface area contributed by atoms with Crippen LogP contribution in [-0.4, -0.2) is 42.8 Å². The van der Waals surface area contributed by atoms with Crippen LogP contribution in [0.5, 0.6) is 0 Å². The van der Waals surface area contributed by atoms with E-state index in [0.717, 1.165) is 22.3 Å². The zero-order valence-electron chi connectivity index (χ0n) is 15.3. The molecule has 4 aromatic heterocycles. The number of aliphatic hydroxyl groups is 1. The van der Waals surface area contributed by atoms with E-state index in [2.05, 4.69) is 25.6 Å². The third kappa shape index (κ3) is 3.37. The van der Waals surface area contributed by atoms with Crippen molar-refractivity contribution in [1.29, 1.82) is 0 Å². The van der Waals surface area contributed by atoms with Crippen LogP contribution in [0.3, 0.4) is 0 Å². The SMILES string of the molecule is OCCNc1nc(Nc2ccc3ncccc3c2)nc2c1ncn2-c1ccsc1. The topological polar surface area (TPSA) is 101 Å². The van der Waals surface area contributed by atoms with Gasteiger partial charge in [-0.05, 0) is 35.7 Å².